The molecule has 0 radical (unpaired) electrons. The molecule has 1 aromatic carbocycles. The minimum absolute atomic E-state index is 0.0174. The van der Waals surface area contributed by atoms with Crippen molar-refractivity contribution in [2.75, 3.05) is 0 Å². The Morgan fingerprint density at radius 3 is 1.93 bits per heavy atom. The standard InChI is InChI=1S/C34H44O7/c1-3-5-21-6-8-22(9-7-21)10-11-23-12-14-24(15-13-23)29(4-2)39-30-18-25(27-19-31(35)40-33(27)37)16-17-26(30)28-20-32(36)41-34(28)38/h10-11,16-18,21-24,27-29H,3-9,12-15,19-20H2,1-2H3/b11-10+. The maximum atomic E-state index is 12.5. The molecule has 0 aromatic heterocycles. The Kier molecular flexibility index (Phi) is 9.61. The maximum Gasteiger partial charge on any atom is 0.321 e. The number of rotatable bonds is 10. The third-order valence-electron chi connectivity index (χ3n) is 9.82. The van der Waals surface area contributed by atoms with Crippen LogP contribution in [0.1, 0.15) is 120 Å². The molecule has 0 spiro atoms. The number of cyclic esters (lactones) is 4. The van der Waals surface area contributed by atoms with Gasteiger partial charge >= 0.3 is 23.9 Å². The number of carbonyl (C=O) groups is 4. The molecule has 0 bridgehead atoms. The predicted molar refractivity (Wildman–Crippen MR) is 153 cm³/mol. The Hall–Kier alpha value is -2.96. The highest BCUT2D eigenvalue weighted by molar-refractivity contribution is 5.99. The SMILES string of the molecule is CCCC1CCC(/C=C/C2CCC(C(CC)Oc3cc(C4CC(=O)OC4=O)ccc3C3CC(=O)OC3=O)CC2)CC1. The Morgan fingerprint density at radius 2 is 1.39 bits per heavy atom. The summed E-state index contributed by atoms with van der Waals surface area (Å²) in [6, 6.07) is 5.20. The number of benzene rings is 1. The molecule has 5 rings (SSSR count). The molecule has 2 saturated carbocycles. The van der Waals surface area contributed by atoms with Crippen LogP contribution in [0.25, 0.3) is 0 Å². The first-order chi connectivity index (χ1) is 19.8. The monoisotopic (exact) mass is 564 g/mol. The Morgan fingerprint density at radius 1 is 0.805 bits per heavy atom. The fourth-order valence-corrected chi connectivity index (χ4v) is 7.38. The maximum absolute atomic E-state index is 12.5. The van der Waals surface area contributed by atoms with E-state index in [0.717, 1.165) is 43.9 Å². The Balaban J connectivity index is 1.24. The lowest BCUT2D eigenvalue weighted by Crippen LogP contribution is -2.30. The predicted octanol–water partition coefficient (Wildman–Crippen LogP) is 6.93. The normalized spacial score (nSPS) is 31.4. The summed E-state index contributed by atoms with van der Waals surface area (Å²) in [5.74, 6) is -0.536. The second-order valence-electron chi connectivity index (χ2n) is 12.6. The molecule has 7 heteroatoms. The molecule has 3 atom stereocenters. The fraction of sp³-hybridized carbons (Fsp3) is 0.647. The number of ether oxygens (including phenoxy) is 3. The van der Waals surface area contributed by atoms with E-state index in [2.05, 4.69) is 26.0 Å². The van der Waals surface area contributed by atoms with Gasteiger partial charge in [-0.2, -0.15) is 0 Å². The highest BCUT2D eigenvalue weighted by Gasteiger charge is 2.39. The summed E-state index contributed by atoms with van der Waals surface area (Å²) in [6.07, 6.45) is 18.2. The molecule has 2 heterocycles. The summed E-state index contributed by atoms with van der Waals surface area (Å²) in [5, 5.41) is 0. The van der Waals surface area contributed by atoms with Crippen LogP contribution in [0.15, 0.2) is 30.4 Å². The average molecular weight is 565 g/mol. The van der Waals surface area contributed by atoms with Crippen molar-refractivity contribution in [3.8, 4) is 5.75 Å². The van der Waals surface area contributed by atoms with Crippen molar-refractivity contribution >= 4 is 23.9 Å². The minimum atomic E-state index is -0.737. The summed E-state index contributed by atoms with van der Waals surface area (Å²) in [5.41, 5.74) is 1.20. The molecule has 1 aromatic rings. The second-order valence-corrected chi connectivity index (χ2v) is 12.6. The summed E-state index contributed by atoms with van der Waals surface area (Å²) in [7, 11) is 0. The van der Waals surface area contributed by atoms with Gasteiger partial charge in [0, 0.05) is 5.56 Å². The molecular formula is C34H44O7. The van der Waals surface area contributed by atoms with E-state index in [1.807, 2.05) is 0 Å². The first-order valence-corrected chi connectivity index (χ1v) is 15.8. The van der Waals surface area contributed by atoms with Gasteiger partial charge in [-0.05, 0) is 93.1 Å². The van der Waals surface area contributed by atoms with Crippen molar-refractivity contribution in [3.05, 3.63) is 41.5 Å². The highest BCUT2D eigenvalue weighted by Crippen LogP contribution is 2.41. The molecular weight excluding hydrogens is 520 g/mol. The largest absolute Gasteiger partial charge is 0.490 e. The molecule has 3 unspecified atom stereocenters. The lowest BCUT2D eigenvalue weighted by Gasteiger charge is -2.34. The van der Waals surface area contributed by atoms with Gasteiger partial charge in [0.05, 0.1) is 24.7 Å². The molecule has 2 saturated heterocycles. The summed E-state index contributed by atoms with van der Waals surface area (Å²) in [6.45, 7) is 4.40. The Labute approximate surface area is 243 Å². The van der Waals surface area contributed by atoms with Crippen LogP contribution >= 0.6 is 0 Å². The number of carbonyl (C=O) groups excluding carboxylic acids is 4. The van der Waals surface area contributed by atoms with Crippen molar-refractivity contribution in [1.82, 2.24) is 0 Å². The van der Waals surface area contributed by atoms with E-state index >= 15 is 0 Å². The van der Waals surface area contributed by atoms with Crippen LogP contribution in [-0.4, -0.2) is 30.0 Å². The highest BCUT2D eigenvalue weighted by atomic mass is 16.6. The van der Waals surface area contributed by atoms with Crippen molar-refractivity contribution in [2.24, 2.45) is 23.7 Å². The second kappa shape index (κ2) is 13.3. The minimum Gasteiger partial charge on any atom is -0.490 e. The first-order valence-electron chi connectivity index (χ1n) is 15.8. The molecule has 41 heavy (non-hydrogen) atoms. The lowest BCUT2D eigenvalue weighted by molar-refractivity contribution is -0.154. The van der Waals surface area contributed by atoms with Gasteiger partial charge in [0.25, 0.3) is 0 Å². The van der Waals surface area contributed by atoms with Crippen LogP contribution in [0.4, 0.5) is 0 Å². The van der Waals surface area contributed by atoms with Crippen molar-refractivity contribution in [3.63, 3.8) is 0 Å². The first kappa shape index (κ1) is 29.5. The number of allylic oxidation sites excluding steroid dienone is 2. The lowest BCUT2D eigenvalue weighted by atomic mass is 9.77. The number of hydrogen-bond donors (Lipinski definition) is 0. The number of hydrogen-bond acceptors (Lipinski definition) is 7. The zero-order valence-corrected chi connectivity index (χ0v) is 24.5. The van der Waals surface area contributed by atoms with Gasteiger partial charge in [-0.25, -0.2) is 0 Å². The molecule has 7 nitrogen and oxygen atoms in total. The van der Waals surface area contributed by atoms with Crippen LogP contribution < -0.4 is 4.74 Å². The molecule has 0 N–H and O–H groups in total. The molecule has 0 amide bonds. The van der Waals surface area contributed by atoms with Crippen LogP contribution in [-0.2, 0) is 28.7 Å². The third-order valence-corrected chi connectivity index (χ3v) is 9.82. The quantitative estimate of drug-likeness (QED) is 0.173. The summed E-state index contributed by atoms with van der Waals surface area (Å²) in [4.78, 5) is 48.3. The van der Waals surface area contributed by atoms with E-state index in [-0.39, 0.29) is 18.9 Å². The van der Waals surface area contributed by atoms with Gasteiger partial charge in [0.1, 0.15) is 11.9 Å². The van der Waals surface area contributed by atoms with Gasteiger partial charge in [-0.3, -0.25) is 19.2 Å². The van der Waals surface area contributed by atoms with Crippen molar-refractivity contribution in [2.45, 2.75) is 115 Å². The van der Waals surface area contributed by atoms with E-state index in [1.54, 1.807) is 18.2 Å². The van der Waals surface area contributed by atoms with Crippen LogP contribution in [0.3, 0.4) is 0 Å². The van der Waals surface area contributed by atoms with Gasteiger partial charge in [0.2, 0.25) is 0 Å². The molecule has 2 aliphatic heterocycles. The van der Waals surface area contributed by atoms with Crippen molar-refractivity contribution < 1.29 is 33.4 Å². The molecule has 4 fully saturated rings. The van der Waals surface area contributed by atoms with Crippen LogP contribution in [0.5, 0.6) is 5.75 Å². The van der Waals surface area contributed by atoms with E-state index < -0.39 is 35.7 Å². The van der Waals surface area contributed by atoms with Gasteiger partial charge < -0.3 is 14.2 Å². The fourth-order valence-electron chi connectivity index (χ4n) is 7.38. The van der Waals surface area contributed by atoms with Crippen LogP contribution in [0.2, 0.25) is 0 Å². The summed E-state index contributed by atoms with van der Waals surface area (Å²) >= 11 is 0. The molecule has 4 aliphatic rings. The smallest absolute Gasteiger partial charge is 0.321 e. The summed E-state index contributed by atoms with van der Waals surface area (Å²) < 4.78 is 16.2. The van der Waals surface area contributed by atoms with E-state index in [4.69, 9.17) is 14.2 Å². The Bertz CT molecular complexity index is 1150. The van der Waals surface area contributed by atoms with Gasteiger partial charge in [-0.15, -0.1) is 0 Å². The van der Waals surface area contributed by atoms with Crippen LogP contribution in [0, 0.1) is 23.7 Å². The number of esters is 4. The topological polar surface area (TPSA) is 96.0 Å². The average Bonchev–Trinajstić information content (AvgIpc) is 3.50. The zero-order valence-electron chi connectivity index (χ0n) is 24.5. The molecule has 2 aliphatic carbocycles. The van der Waals surface area contributed by atoms with E-state index in [0.29, 0.717) is 28.7 Å². The van der Waals surface area contributed by atoms with E-state index in [1.165, 1.54) is 38.5 Å². The van der Waals surface area contributed by atoms with Crippen molar-refractivity contribution in [1.29, 1.82) is 0 Å². The van der Waals surface area contributed by atoms with E-state index in [9.17, 15) is 19.2 Å². The zero-order chi connectivity index (χ0) is 28.9. The molecule has 222 valence electrons. The van der Waals surface area contributed by atoms with Gasteiger partial charge in [-0.1, -0.05) is 51.0 Å². The third kappa shape index (κ3) is 7.10. The van der Waals surface area contributed by atoms with Gasteiger partial charge in [0.15, 0.2) is 0 Å².